The van der Waals surface area contributed by atoms with Gasteiger partial charge in [-0.15, -0.1) is 11.3 Å². The molecule has 18 heavy (non-hydrogen) atoms. The van der Waals surface area contributed by atoms with Gasteiger partial charge in [0.2, 0.25) is 0 Å². The molecule has 1 aromatic rings. The molecule has 96 valence electrons. The average Bonchev–Trinajstić information content (AvgIpc) is 2.89. The van der Waals surface area contributed by atoms with E-state index in [9.17, 15) is 0 Å². The average molecular weight is 262 g/mol. The van der Waals surface area contributed by atoms with Crippen LogP contribution in [0.3, 0.4) is 0 Å². The number of aliphatic imine (C=N–C) groups is 1. The summed E-state index contributed by atoms with van der Waals surface area (Å²) in [6.07, 6.45) is 9.20. The second kappa shape index (κ2) is 6.47. The number of piperidine rings is 1. The van der Waals surface area contributed by atoms with Crippen LogP contribution >= 0.6 is 11.3 Å². The van der Waals surface area contributed by atoms with E-state index in [0.717, 1.165) is 30.8 Å². The van der Waals surface area contributed by atoms with E-state index in [2.05, 4.69) is 21.9 Å². The highest BCUT2D eigenvalue weighted by Crippen LogP contribution is 2.28. The second-order valence-electron chi connectivity index (χ2n) is 4.18. The van der Waals surface area contributed by atoms with Crippen molar-refractivity contribution in [3.63, 3.8) is 0 Å². The van der Waals surface area contributed by atoms with Gasteiger partial charge in [-0.25, -0.2) is 9.98 Å². The lowest BCUT2D eigenvalue weighted by atomic mass is 9.99. The second-order valence-corrected chi connectivity index (χ2v) is 5.24. The van der Waals surface area contributed by atoms with Crippen molar-refractivity contribution in [1.29, 1.82) is 0 Å². The predicted molar refractivity (Wildman–Crippen MR) is 77.0 cm³/mol. The summed E-state index contributed by atoms with van der Waals surface area (Å²) in [6.45, 7) is 5.73. The number of allylic oxidation sites excluding steroid dienone is 2. The zero-order chi connectivity index (χ0) is 12.8. The van der Waals surface area contributed by atoms with E-state index in [1.807, 2.05) is 6.20 Å². The first-order valence-corrected chi connectivity index (χ1v) is 6.90. The summed E-state index contributed by atoms with van der Waals surface area (Å²) in [5, 5.41) is 4.54. The third kappa shape index (κ3) is 3.27. The lowest BCUT2D eigenvalue weighted by Gasteiger charge is -2.20. The maximum absolute atomic E-state index is 5.90. The number of nitrogens with two attached hydrogens (primary N) is 1. The van der Waals surface area contributed by atoms with Crippen LogP contribution in [0.1, 0.15) is 28.6 Å². The van der Waals surface area contributed by atoms with Crippen molar-refractivity contribution in [3.8, 4) is 0 Å². The molecule has 1 saturated heterocycles. The first-order valence-electron chi connectivity index (χ1n) is 6.09. The van der Waals surface area contributed by atoms with Crippen molar-refractivity contribution < 1.29 is 0 Å². The van der Waals surface area contributed by atoms with Gasteiger partial charge in [0.25, 0.3) is 0 Å². The number of nitrogens with one attached hydrogen (secondary N) is 1. The monoisotopic (exact) mass is 262 g/mol. The molecule has 0 atom stereocenters. The van der Waals surface area contributed by atoms with Crippen LogP contribution < -0.4 is 11.1 Å². The van der Waals surface area contributed by atoms with E-state index in [1.54, 1.807) is 29.7 Å². The number of hydrogen-bond acceptors (Lipinski definition) is 4. The van der Waals surface area contributed by atoms with Gasteiger partial charge < -0.3 is 11.1 Å². The van der Waals surface area contributed by atoms with Crippen LogP contribution in [0.2, 0.25) is 0 Å². The maximum Gasteiger partial charge on any atom is 0.142 e. The van der Waals surface area contributed by atoms with Crippen LogP contribution in [0.5, 0.6) is 0 Å². The van der Waals surface area contributed by atoms with Crippen molar-refractivity contribution in [2.75, 3.05) is 13.1 Å². The van der Waals surface area contributed by atoms with Crippen LogP contribution in [-0.4, -0.2) is 23.9 Å². The highest BCUT2D eigenvalue weighted by molar-refractivity contribution is 7.13. The molecule has 4 nitrogen and oxygen atoms in total. The largest absolute Gasteiger partial charge is 0.382 e. The Bertz CT molecular complexity index is 455. The van der Waals surface area contributed by atoms with E-state index in [0.29, 0.717) is 11.8 Å². The van der Waals surface area contributed by atoms with Gasteiger partial charge in [0.1, 0.15) is 5.84 Å². The molecule has 3 N–H and O–H groups in total. The minimum atomic E-state index is 0.519. The molecule has 2 rings (SSSR count). The van der Waals surface area contributed by atoms with E-state index in [4.69, 9.17) is 5.73 Å². The fraction of sp³-hybridized carbons (Fsp3) is 0.385. The van der Waals surface area contributed by atoms with Gasteiger partial charge >= 0.3 is 0 Å². The Morgan fingerprint density at radius 2 is 2.33 bits per heavy atom. The Kier molecular flexibility index (Phi) is 4.66. The van der Waals surface area contributed by atoms with Gasteiger partial charge in [-0.05, 0) is 32.0 Å². The van der Waals surface area contributed by atoms with Crippen molar-refractivity contribution in [3.05, 3.63) is 41.0 Å². The summed E-state index contributed by atoms with van der Waals surface area (Å²) in [4.78, 5) is 9.56. The third-order valence-electron chi connectivity index (χ3n) is 2.90. The highest BCUT2D eigenvalue weighted by Gasteiger charge is 2.18. The van der Waals surface area contributed by atoms with Gasteiger partial charge in [-0.2, -0.15) is 0 Å². The minimum absolute atomic E-state index is 0.519. The number of aromatic nitrogens is 1. The molecule has 5 heteroatoms. The standard InChI is InChI=1S/C13H18N4S/c1-2-3-6-16-12(14)11-9-17-13(18-11)10-4-7-15-8-5-10/h2-3,6,9-10,15H,1,4-5,7-8H2,(H2,14,16)/b6-3-. The summed E-state index contributed by atoms with van der Waals surface area (Å²) >= 11 is 1.65. The lowest BCUT2D eigenvalue weighted by Crippen LogP contribution is -2.26. The molecule has 1 aliphatic heterocycles. The Balaban J connectivity index is 2.07. The van der Waals surface area contributed by atoms with Gasteiger partial charge in [0.05, 0.1) is 9.88 Å². The molecule has 1 fully saturated rings. The van der Waals surface area contributed by atoms with E-state index in [-0.39, 0.29) is 0 Å². The molecular formula is C13H18N4S. The van der Waals surface area contributed by atoms with Gasteiger partial charge in [0, 0.05) is 18.3 Å². The highest BCUT2D eigenvalue weighted by atomic mass is 32.1. The lowest BCUT2D eigenvalue weighted by molar-refractivity contribution is 0.459. The molecule has 0 spiro atoms. The van der Waals surface area contributed by atoms with Crippen LogP contribution in [0, 0.1) is 0 Å². The zero-order valence-corrected chi connectivity index (χ0v) is 11.1. The van der Waals surface area contributed by atoms with E-state index >= 15 is 0 Å². The molecule has 0 amide bonds. The van der Waals surface area contributed by atoms with Gasteiger partial charge in [-0.3, -0.25) is 0 Å². The third-order valence-corrected chi connectivity index (χ3v) is 4.08. The smallest absolute Gasteiger partial charge is 0.142 e. The topological polar surface area (TPSA) is 63.3 Å². The Morgan fingerprint density at radius 1 is 1.56 bits per heavy atom. The summed E-state index contributed by atoms with van der Waals surface area (Å²) < 4.78 is 0. The number of rotatable bonds is 4. The zero-order valence-electron chi connectivity index (χ0n) is 10.3. The summed E-state index contributed by atoms with van der Waals surface area (Å²) in [7, 11) is 0. The predicted octanol–water partition coefficient (Wildman–Crippen LogP) is 2.02. The molecule has 0 unspecified atom stereocenters. The molecule has 0 bridgehead atoms. The maximum atomic E-state index is 5.90. The SMILES string of the molecule is C=C/C=C\N=C(/N)c1cnc(C2CCNCC2)s1. The Morgan fingerprint density at radius 3 is 3.06 bits per heavy atom. The minimum Gasteiger partial charge on any atom is -0.382 e. The van der Waals surface area contributed by atoms with Crippen LogP contribution in [0.25, 0.3) is 0 Å². The van der Waals surface area contributed by atoms with Gasteiger partial charge in [0.15, 0.2) is 0 Å². The normalized spacial score (nSPS) is 18.3. The van der Waals surface area contributed by atoms with E-state index < -0.39 is 0 Å². The number of amidine groups is 1. The van der Waals surface area contributed by atoms with Crippen molar-refractivity contribution in [2.24, 2.45) is 10.7 Å². The van der Waals surface area contributed by atoms with Crippen LogP contribution in [0.4, 0.5) is 0 Å². The number of hydrogen-bond donors (Lipinski definition) is 2. The Labute approximate surface area is 111 Å². The Hall–Kier alpha value is -1.46. The first-order chi connectivity index (χ1) is 8.81. The molecule has 0 radical (unpaired) electrons. The molecule has 0 aliphatic carbocycles. The van der Waals surface area contributed by atoms with Gasteiger partial charge in [-0.1, -0.05) is 12.7 Å². The fourth-order valence-electron chi connectivity index (χ4n) is 1.91. The molecular weight excluding hydrogens is 244 g/mol. The molecule has 1 aromatic heterocycles. The van der Waals surface area contributed by atoms with Crippen LogP contribution in [-0.2, 0) is 0 Å². The van der Waals surface area contributed by atoms with Crippen molar-refractivity contribution >= 4 is 17.2 Å². The number of nitrogens with zero attached hydrogens (tertiary/aromatic N) is 2. The summed E-state index contributed by atoms with van der Waals surface area (Å²) in [5.74, 6) is 1.09. The molecule has 2 heterocycles. The van der Waals surface area contributed by atoms with Crippen molar-refractivity contribution in [2.45, 2.75) is 18.8 Å². The summed E-state index contributed by atoms with van der Waals surface area (Å²) in [5.41, 5.74) is 5.90. The summed E-state index contributed by atoms with van der Waals surface area (Å²) in [6, 6.07) is 0. The number of thiazole rings is 1. The molecule has 0 aromatic carbocycles. The quantitative estimate of drug-likeness (QED) is 0.496. The van der Waals surface area contributed by atoms with E-state index in [1.165, 1.54) is 5.01 Å². The molecule has 1 aliphatic rings. The van der Waals surface area contributed by atoms with Crippen LogP contribution in [0.15, 0.2) is 36.1 Å². The molecule has 0 saturated carbocycles. The fourth-order valence-corrected chi connectivity index (χ4v) is 2.91. The van der Waals surface area contributed by atoms with Crippen molar-refractivity contribution in [1.82, 2.24) is 10.3 Å². The first kappa shape index (κ1) is 13.0.